The Morgan fingerprint density at radius 2 is 2.00 bits per heavy atom. The molecule has 0 spiro atoms. The summed E-state index contributed by atoms with van der Waals surface area (Å²) in [6, 6.07) is 0. The number of esters is 1. The molecule has 1 atom stereocenters. The van der Waals surface area contributed by atoms with Gasteiger partial charge in [-0.15, -0.1) is 0 Å². The van der Waals surface area contributed by atoms with Crippen LogP contribution >= 0.6 is 0 Å². The molecule has 0 aliphatic heterocycles. The van der Waals surface area contributed by atoms with Crippen LogP contribution in [-0.2, 0) is 14.3 Å². The number of carbonyl (C=O) groups excluding carboxylic acids is 2. The van der Waals surface area contributed by atoms with Gasteiger partial charge in [0.05, 0.1) is 13.2 Å². The highest BCUT2D eigenvalue weighted by molar-refractivity contribution is 5.97. The quantitative estimate of drug-likeness (QED) is 0.402. The topological polar surface area (TPSA) is 83.8 Å². The van der Waals surface area contributed by atoms with Crippen LogP contribution in [0, 0.1) is 5.92 Å². The van der Waals surface area contributed by atoms with E-state index < -0.39 is 24.3 Å². The van der Waals surface area contributed by atoms with Gasteiger partial charge >= 0.3 is 5.97 Å². The standard InChI is InChI=1S/C7H12O5/c1-5(10)6(4-9)7(11)12-3-2-8/h6,8-9H,2-4H2,1H3. The Morgan fingerprint density at radius 3 is 2.33 bits per heavy atom. The highest BCUT2D eigenvalue weighted by Gasteiger charge is 2.23. The van der Waals surface area contributed by atoms with Crippen molar-refractivity contribution in [1.82, 2.24) is 0 Å². The number of rotatable bonds is 5. The lowest BCUT2D eigenvalue weighted by molar-refractivity contribution is -0.153. The van der Waals surface area contributed by atoms with Crippen LogP contribution in [0.1, 0.15) is 6.92 Å². The lowest BCUT2D eigenvalue weighted by Gasteiger charge is -2.08. The van der Waals surface area contributed by atoms with E-state index in [9.17, 15) is 9.59 Å². The van der Waals surface area contributed by atoms with Crippen LogP contribution < -0.4 is 0 Å². The highest BCUT2D eigenvalue weighted by atomic mass is 16.5. The van der Waals surface area contributed by atoms with E-state index in [4.69, 9.17) is 10.2 Å². The van der Waals surface area contributed by atoms with Gasteiger partial charge in [-0.05, 0) is 6.92 Å². The molecule has 0 rings (SSSR count). The summed E-state index contributed by atoms with van der Waals surface area (Å²) >= 11 is 0. The summed E-state index contributed by atoms with van der Waals surface area (Å²) < 4.78 is 4.44. The molecule has 0 amide bonds. The van der Waals surface area contributed by atoms with Crippen molar-refractivity contribution in [1.29, 1.82) is 0 Å². The number of ether oxygens (including phenoxy) is 1. The van der Waals surface area contributed by atoms with Gasteiger partial charge in [-0.3, -0.25) is 9.59 Å². The van der Waals surface area contributed by atoms with Gasteiger partial charge in [0, 0.05) is 0 Å². The molecule has 0 aromatic carbocycles. The van der Waals surface area contributed by atoms with Crippen molar-refractivity contribution in [2.24, 2.45) is 5.92 Å². The molecule has 0 aliphatic carbocycles. The van der Waals surface area contributed by atoms with E-state index in [0.717, 1.165) is 0 Å². The second-order valence-corrected chi connectivity index (χ2v) is 2.24. The van der Waals surface area contributed by atoms with Crippen LogP contribution in [0.3, 0.4) is 0 Å². The van der Waals surface area contributed by atoms with Crippen molar-refractivity contribution < 1.29 is 24.5 Å². The summed E-state index contributed by atoms with van der Waals surface area (Å²) in [5, 5.41) is 16.9. The molecule has 0 saturated carbocycles. The Balaban J connectivity index is 3.95. The zero-order valence-corrected chi connectivity index (χ0v) is 6.82. The smallest absolute Gasteiger partial charge is 0.318 e. The fourth-order valence-electron chi connectivity index (χ4n) is 0.616. The molecular weight excluding hydrogens is 164 g/mol. The van der Waals surface area contributed by atoms with E-state index in [1.807, 2.05) is 0 Å². The lowest BCUT2D eigenvalue weighted by atomic mass is 10.1. The SMILES string of the molecule is CC(=O)C(CO)C(=O)OCCO. The molecule has 12 heavy (non-hydrogen) atoms. The van der Waals surface area contributed by atoms with Crippen molar-refractivity contribution in [3.63, 3.8) is 0 Å². The van der Waals surface area contributed by atoms with Gasteiger partial charge in [-0.25, -0.2) is 0 Å². The molecule has 0 heterocycles. The van der Waals surface area contributed by atoms with E-state index in [1.54, 1.807) is 0 Å². The molecular formula is C7H12O5. The Morgan fingerprint density at radius 1 is 1.42 bits per heavy atom. The number of Topliss-reactive ketones (excluding diaryl/α,β-unsaturated/α-hetero) is 1. The second-order valence-electron chi connectivity index (χ2n) is 2.24. The third-order valence-electron chi connectivity index (χ3n) is 1.29. The Hall–Kier alpha value is -0.940. The predicted molar refractivity (Wildman–Crippen MR) is 39.3 cm³/mol. The minimum Gasteiger partial charge on any atom is -0.463 e. The Kier molecular flexibility index (Phi) is 5.23. The van der Waals surface area contributed by atoms with E-state index in [1.165, 1.54) is 6.92 Å². The molecule has 0 radical (unpaired) electrons. The average molecular weight is 176 g/mol. The third kappa shape index (κ3) is 3.45. The first-order valence-corrected chi connectivity index (χ1v) is 3.52. The first-order valence-electron chi connectivity index (χ1n) is 3.52. The van der Waals surface area contributed by atoms with E-state index in [-0.39, 0.29) is 13.2 Å². The number of carbonyl (C=O) groups is 2. The monoisotopic (exact) mass is 176 g/mol. The van der Waals surface area contributed by atoms with Gasteiger partial charge in [0.2, 0.25) is 0 Å². The molecule has 0 aromatic heterocycles. The minimum absolute atomic E-state index is 0.150. The molecule has 0 saturated heterocycles. The molecule has 1 unspecified atom stereocenters. The van der Waals surface area contributed by atoms with Crippen molar-refractivity contribution in [2.75, 3.05) is 19.8 Å². The molecule has 0 aliphatic rings. The Bertz CT molecular complexity index is 165. The minimum atomic E-state index is -1.11. The zero-order chi connectivity index (χ0) is 9.56. The maximum atomic E-state index is 10.9. The molecule has 5 nitrogen and oxygen atoms in total. The molecule has 2 N–H and O–H groups in total. The van der Waals surface area contributed by atoms with Gasteiger partial charge in [-0.1, -0.05) is 0 Å². The number of hydrogen-bond acceptors (Lipinski definition) is 5. The van der Waals surface area contributed by atoms with Crippen molar-refractivity contribution in [3.05, 3.63) is 0 Å². The van der Waals surface area contributed by atoms with E-state index in [2.05, 4.69) is 4.74 Å². The van der Waals surface area contributed by atoms with Crippen LogP contribution in [0.5, 0.6) is 0 Å². The number of ketones is 1. The number of aliphatic hydroxyl groups is 2. The van der Waals surface area contributed by atoms with Gasteiger partial charge in [0.15, 0.2) is 0 Å². The third-order valence-corrected chi connectivity index (χ3v) is 1.29. The first-order chi connectivity index (χ1) is 5.63. The van der Waals surface area contributed by atoms with Crippen LogP contribution in [0.15, 0.2) is 0 Å². The summed E-state index contributed by atoms with van der Waals surface area (Å²) in [4.78, 5) is 21.5. The van der Waals surface area contributed by atoms with Gasteiger partial charge < -0.3 is 14.9 Å². The molecule has 0 fully saturated rings. The van der Waals surface area contributed by atoms with Crippen LogP contribution in [0.2, 0.25) is 0 Å². The molecule has 5 heteroatoms. The second kappa shape index (κ2) is 5.68. The van der Waals surface area contributed by atoms with Crippen molar-refractivity contribution >= 4 is 11.8 Å². The predicted octanol–water partition coefficient (Wildman–Crippen LogP) is -1.28. The average Bonchev–Trinajstić information content (AvgIpc) is 2.01. The van der Waals surface area contributed by atoms with Crippen molar-refractivity contribution in [3.8, 4) is 0 Å². The summed E-state index contributed by atoms with van der Waals surface area (Å²) in [6.45, 7) is 0.199. The maximum absolute atomic E-state index is 10.9. The molecule has 0 bridgehead atoms. The largest absolute Gasteiger partial charge is 0.463 e. The van der Waals surface area contributed by atoms with Gasteiger partial charge in [0.25, 0.3) is 0 Å². The lowest BCUT2D eigenvalue weighted by Crippen LogP contribution is -2.28. The highest BCUT2D eigenvalue weighted by Crippen LogP contribution is 1.99. The van der Waals surface area contributed by atoms with Crippen LogP contribution in [-0.4, -0.2) is 41.8 Å². The van der Waals surface area contributed by atoms with E-state index >= 15 is 0 Å². The van der Waals surface area contributed by atoms with E-state index in [0.29, 0.717) is 0 Å². The normalized spacial score (nSPS) is 12.2. The summed E-state index contributed by atoms with van der Waals surface area (Å²) in [7, 11) is 0. The van der Waals surface area contributed by atoms with Crippen LogP contribution in [0.4, 0.5) is 0 Å². The summed E-state index contributed by atoms with van der Waals surface area (Å²) in [5.74, 6) is -2.35. The number of aliphatic hydroxyl groups excluding tert-OH is 2. The summed E-state index contributed by atoms with van der Waals surface area (Å²) in [5.41, 5.74) is 0. The van der Waals surface area contributed by atoms with Crippen LogP contribution in [0.25, 0.3) is 0 Å². The fourth-order valence-corrected chi connectivity index (χ4v) is 0.616. The Labute approximate surface area is 70.0 Å². The maximum Gasteiger partial charge on any atom is 0.318 e. The fraction of sp³-hybridized carbons (Fsp3) is 0.714. The summed E-state index contributed by atoms with van der Waals surface area (Å²) in [6.07, 6.45) is 0. The first kappa shape index (κ1) is 11.1. The molecule has 0 aromatic rings. The van der Waals surface area contributed by atoms with Gasteiger partial charge in [0.1, 0.15) is 18.3 Å². The molecule has 70 valence electrons. The van der Waals surface area contributed by atoms with Gasteiger partial charge in [-0.2, -0.15) is 0 Å². The number of hydrogen-bond donors (Lipinski definition) is 2. The van der Waals surface area contributed by atoms with Crippen molar-refractivity contribution in [2.45, 2.75) is 6.92 Å². The zero-order valence-electron chi connectivity index (χ0n) is 6.82.